The molecule has 0 aromatic rings. The normalized spacial score (nSPS) is 37.0. The van der Waals surface area contributed by atoms with Gasteiger partial charge >= 0.3 is 0 Å². The minimum absolute atomic E-state index is 0.122. The van der Waals surface area contributed by atoms with Gasteiger partial charge in [0.1, 0.15) is 0 Å². The van der Waals surface area contributed by atoms with Gasteiger partial charge in [-0.15, -0.1) is 0 Å². The van der Waals surface area contributed by atoms with E-state index in [1.807, 2.05) is 0 Å². The molecule has 1 saturated carbocycles. The van der Waals surface area contributed by atoms with E-state index in [2.05, 4.69) is 11.8 Å². The fourth-order valence-corrected chi connectivity index (χ4v) is 3.70. The summed E-state index contributed by atoms with van der Waals surface area (Å²) in [5.74, 6) is 0.747. The lowest BCUT2D eigenvalue weighted by atomic mass is 10.1. The molecule has 0 aromatic carbocycles. The van der Waals surface area contributed by atoms with Gasteiger partial charge in [-0.05, 0) is 25.2 Å². The first kappa shape index (κ1) is 12.3. The fraction of sp³-hybridized carbons (Fsp3) is 1.00. The van der Waals surface area contributed by atoms with Crippen LogP contribution in [0.4, 0.5) is 0 Å². The van der Waals surface area contributed by atoms with Crippen LogP contribution in [0.1, 0.15) is 32.6 Å². The van der Waals surface area contributed by atoms with Crippen molar-refractivity contribution in [3.63, 3.8) is 0 Å². The van der Waals surface area contributed by atoms with E-state index in [1.54, 1.807) is 0 Å². The lowest BCUT2D eigenvalue weighted by molar-refractivity contribution is 0.166. The third-order valence-corrected chi connectivity index (χ3v) is 4.39. The van der Waals surface area contributed by atoms with Gasteiger partial charge in [0.15, 0.2) is 0 Å². The van der Waals surface area contributed by atoms with Gasteiger partial charge in [0.05, 0.1) is 12.4 Å². The third kappa shape index (κ3) is 2.96. The topological polar surface area (TPSA) is 46.6 Å². The first-order valence-electron chi connectivity index (χ1n) is 6.08. The Hall–Kier alpha value is -0.130. The summed E-state index contributed by atoms with van der Waals surface area (Å²) in [6.07, 6.45) is 5.72. The van der Waals surface area contributed by atoms with Crippen LogP contribution in [0.25, 0.3) is 0 Å². The van der Waals surface area contributed by atoms with Crippen molar-refractivity contribution in [3.8, 4) is 0 Å². The summed E-state index contributed by atoms with van der Waals surface area (Å²) in [4.78, 5) is 2.41. The van der Waals surface area contributed by atoms with Crippen LogP contribution in [0.2, 0.25) is 0 Å². The highest BCUT2D eigenvalue weighted by Crippen LogP contribution is 2.32. The third-order valence-electron chi connectivity index (χ3n) is 3.77. The van der Waals surface area contributed by atoms with Crippen LogP contribution >= 0.6 is 0 Å². The quantitative estimate of drug-likeness (QED) is 0.704. The Bertz CT molecular complexity index is 341. The minimum Gasteiger partial charge on any atom is -0.297 e. The molecule has 0 bridgehead atoms. The van der Waals surface area contributed by atoms with Crippen LogP contribution in [0.3, 0.4) is 0 Å². The highest BCUT2D eigenvalue weighted by atomic mass is 32.2. The second-order valence-corrected chi connectivity index (χ2v) is 6.78. The summed E-state index contributed by atoms with van der Waals surface area (Å²) >= 11 is 0. The summed E-state index contributed by atoms with van der Waals surface area (Å²) in [6, 6.07) is 0.646. The standard InChI is InChI=1S/C11H21NO3S/c1-9-4-3-5-11(9)12-7-6-10(8-12)15-16(2,13)14/h9-11H,3-8H2,1-2H3/t9?,10-,11?/m1/s1. The Morgan fingerprint density at radius 2 is 2.00 bits per heavy atom. The summed E-state index contributed by atoms with van der Waals surface area (Å²) in [5.41, 5.74) is 0. The van der Waals surface area contributed by atoms with Crippen LogP contribution in [0.5, 0.6) is 0 Å². The molecule has 94 valence electrons. The van der Waals surface area contributed by atoms with Crippen molar-refractivity contribution < 1.29 is 12.6 Å². The molecule has 0 radical (unpaired) electrons. The molecule has 1 aliphatic heterocycles. The molecule has 0 spiro atoms. The summed E-state index contributed by atoms with van der Waals surface area (Å²) in [6.45, 7) is 4.06. The van der Waals surface area contributed by atoms with Crippen LogP contribution in [-0.4, -0.2) is 44.8 Å². The Balaban J connectivity index is 1.88. The van der Waals surface area contributed by atoms with Gasteiger partial charge in [0.2, 0.25) is 0 Å². The molecular formula is C11H21NO3S. The predicted octanol–water partition coefficient (Wildman–Crippen LogP) is 1.23. The molecule has 16 heavy (non-hydrogen) atoms. The molecule has 0 aromatic heterocycles. The van der Waals surface area contributed by atoms with Crippen LogP contribution < -0.4 is 0 Å². The number of hydrogen-bond donors (Lipinski definition) is 0. The first-order chi connectivity index (χ1) is 7.46. The zero-order valence-corrected chi connectivity index (χ0v) is 10.9. The van der Waals surface area contributed by atoms with Gasteiger partial charge in [-0.25, -0.2) is 0 Å². The number of hydrogen-bond acceptors (Lipinski definition) is 4. The maximum atomic E-state index is 11.0. The molecule has 0 amide bonds. The second kappa shape index (κ2) is 4.63. The van der Waals surface area contributed by atoms with Crippen molar-refractivity contribution in [1.82, 2.24) is 4.90 Å². The molecule has 1 aliphatic carbocycles. The average Bonchev–Trinajstić information content (AvgIpc) is 2.71. The van der Waals surface area contributed by atoms with E-state index in [0.29, 0.717) is 6.04 Å². The largest absolute Gasteiger partial charge is 0.297 e. The first-order valence-corrected chi connectivity index (χ1v) is 7.89. The molecule has 3 atom stereocenters. The van der Waals surface area contributed by atoms with Crippen molar-refractivity contribution >= 4 is 10.1 Å². The molecule has 2 unspecified atom stereocenters. The maximum absolute atomic E-state index is 11.0. The average molecular weight is 247 g/mol. The zero-order chi connectivity index (χ0) is 11.8. The van der Waals surface area contributed by atoms with Gasteiger partial charge in [-0.2, -0.15) is 8.42 Å². The Morgan fingerprint density at radius 3 is 2.56 bits per heavy atom. The minimum atomic E-state index is -3.29. The van der Waals surface area contributed by atoms with E-state index in [1.165, 1.54) is 19.3 Å². The van der Waals surface area contributed by atoms with Crippen molar-refractivity contribution in [2.24, 2.45) is 5.92 Å². The lowest BCUT2D eigenvalue weighted by Gasteiger charge is -2.27. The number of rotatable bonds is 3. The predicted molar refractivity (Wildman–Crippen MR) is 62.7 cm³/mol. The summed E-state index contributed by atoms with van der Waals surface area (Å²) in [5, 5.41) is 0. The van der Waals surface area contributed by atoms with Gasteiger partial charge in [0.25, 0.3) is 10.1 Å². The smallest absolute Gasteiger partial charge is 0.264 e. The van der Waals surface area contributed by atoms with Crippen molar-refractivity contribution in [2.45, 2.75) is 44.8 Å². The SMILES string of the molecule is CC1CCCC1N1CC[C@@H](OS(C)(=O)=O)C1. The fourth-order valence-electron chi connectivity index (χ4n) is 3.05. The molecule has 1 saturated heterocycles. The Morgan fingerprint density at radius 1 is 1.25 bits per heavy atom. The molecule has 5 heteroatoms. The zero-order valence-electron chi connectivity index (χ0n) is 10.1. The van der Waals surface area contributed by atoms with E-state index >= 15 is 0 Å². The van der Waals surface area contributed by atoms with Crippen LogP contribution in [-0.2, 0) is 14.3 Å². The van der Waals surface area contributed by atoms with E-state index in [-0.39, 0.29) is 6.10 Å². The van der Waals surface area contributed by atoms with Crippen LogP contribution in [0, 0.1) is 5.92 Å². The van der Waals surface area contributed by atoms with Crippen molar-refractivity contribution in [1.29, 1.82) is 0 Å². The van der Waals surface area contributed by atoms with E-state index in [0.717, 1.165) is 31.7 Å². The van der Waals surface area contributed by atoms with Gasteiger partial charge in [0, 0.05) is 19.1 Å². The van der Waals surface area contributed by atoms with Crippen LogP contribution in [0.15, 0.2) is 0 Å². The molecule has 2 fully saturated rings. The summed E-state index contributed by atoms with van der Waals surface area (Å²) in [7, 11) is -3.29. The number of nitrogens with zero attached hydrogens (tertiary/aromatic N) is 1. The molecular weight excluding hydrogens is 226 g/mol. The monoisotopic (exact) mass is 247 g/mol. The molecule has 0 N–H and O–H groups in total. The lowest BCUT2D eigenvalue weighted by Crippen LogP contribution is -2.36. The van der Waals surface area contributed by atoms with Gasteiger partial charge < -0.3 is 0 Å². The van der Waals surface area contributed by atoms with Crippen molar-refractivity contribution in [2.75, 3.05) is 19.3 Å². The molecule has 1 heterocycles. The Labute approximate surface area is 98.1 Å². The number of likely N-dealkylation sites (tertiary alicyclic amines) is 1. The van der Waals surface area contributed by atoms with E-state index in [4.69, 9.17) is 4.18 Å². The van der Waals surface area contributed by atoms with E-state index in [9.17, 15) is 8.42 Å². The van der Waals surface area contributed by atoms with Crippen molar-refractivity contribution in [3.05, 3.63) is 0 Å². The Kier molecular flexibility index (Phi) is 3.56. The maximum Gasteiger partial charge on any atom is 0.264 e. The highest BCUT2D eigenvalue weighted by molar-refractivity contribution is 7.86. The second-order valence-electron chi connectivity index (χ2n) is 5.18. The van der Waals surface area contributed by atoms with Gasteiger partial charge in [-0.3, -0.25) is 9.08 Å². The molecule has 4 nitrogen and oxygen atoms in total. The van der Waals surface area contributed by atoms with E-state index < -0.39 is 10.1 Å². The molecule has 2 rings (SSSR count). The summed E-state index contributed by atoms with van der Waals surface area (Å²) < 4.78 is 27.1. The molecule has 2 aliphatic rings. The highest BCUT2D eigenvalue weighted by Gasteiger charge is 2.35. The van der Waals surface area contributed by atoms with Gasteiger partial charge in [-0.1, -0.05) is 13.3 Å².